The molecule has 1 unspecified atom stereocenters. The molecule has 0 amide bonds. The Hall–Kier alpha value is -1.57. The Balaban J connectivity index is 1.94. The van der Waals surface area contributed by atoms with Crippen LogP contribution in [0.15, 0.2) is 40.6 Å². The Labute approximate surface area is 147 Å². The number of hydrogen-bond donors (Lipinski definition) is 1. The van der Waals surface area contributed by atoms with E-state index in [4.69, 9.17) is 5.10 Å². The number of nitrogens with one attached hydrogen (secondary N) is 1. The maximum Gasteiger partial charge on any atom is 0.0751 e. The van der Waals surface area contributed by atoms with Gasteiger partial charge in [0.05, 0.1) is 5.71 Å². The highest BCUT2D eigenvalue weighted by atomic mass is 15.3. The number of hydrazone groups is 1. The van der Waals surface area contributed by atoms with E-state index >= 15 is 0 Å². The van der Waals surface area contributed by atoms with Gasteiger partial charge in [0.2, 0.25) is 0 Å². The van der Waals surface area contributed by atoms with Crippen LogP contribution in [0.4, 0.5) is 0 Å². The van der Waals surface area contributed by atoms with Crippen molar-refractivity contribution in [2.24, 2.45) is 16.4 Å². The fourth-order valence-electron chi connectivity index (χ4n) is 4.20. The number of nitrogens with zero attached hydrogens (tertiary/aromatic N) is 1. The monoisotopic (exact) mass is 324 g/mol. The number of allylic oxidation sites excluding steroid dienone is 2. The molecule has 0 radical (unpaired) electrons. The first-order valence-corrected chi connectivity index (χ1v) is 9.63. The van der Waals surface area contributed by atoms with Crippen molar-refractivity contribution in [3.05, 3.63) is 46.7 Å². The van der Waals surface area contributed by atoms with Gasteiger partial charge in [-0.2, -0.15) is 5.10 Å². The summed E-state index contributed by atoms with van der Waals surface area (Å²) in [5.74, 6) is 0.483. The molecule has 1 aliphatic carbocycles. The average molecular weight is 325 g/mol. The SMILES string of the molecule is CCc1ccc(C2=NNC(C)=C3CC(C)(C)CCCCCC23)cc1. The van der Waals surface area contributed by atoms with Gasteiger partial charge in [-0.3, -0.25) is 5.43 Å². The maximum absolute atomic E-state index is 4.78. The van der Waals surface area contributed by atoms with Gasteiger partial charge in [0.25, 0.3) is 0 Å². The predicted octanol–water partition coefficient (Wildman–Crippen LogP) is 5.83. The summed E-state index contributed by atoms with van der Waals surface area (Å²) in [6.07, 6.45) is 8.85. The standard InChI is InChI=1S/C22H32N2/c1-5-17-10-12-18(13-11-17)21-19-9-7-6-8-14-22(3,4)15-20(19)16(2)23-24-21/h10-13,19,23H,5-9,14-15H2,1-4H3. The fourth-order valence-corrected chi connectivity index (χ4v) is 4.20. The molecule has 1 aromatic carbocycles. The quantitative estimate of drug-likeness (QED) is 0.727. The maximum atomic E-state index is 4.78. The van der Waals surface area contributed by atoms with Crippen molar-refractivity contribution in [3.8, 4) is 0 Å². The minimum absolute atomic E-state index is 0.384. The molecule has 130 valence electrons. The first kappa shape index (κ1) is 17.3. The largest absolute Gasteiger partial charge is 0.283 e. The van der Waals surface area contributed by atoms with Crippen molar-refractivity contribution >= 4 is 5.71 Å². The van der Waals surface area contributed by atoms with Gasteiger partial charge in [0.15, 0.2) is 0 Å². The van der Waals surface area contributed by atoms with E-state index in [0.29, 0.717) is 11.3 Å². The summed E-state index contributed by atoms with van der Waals surface area (Å²) in [5, 5.41) is 4.78. The van der Waals surface area contributed by atoms with Gasteiger partial charge in [-0.15, -0.1) is 0 Å². The van der Waals surface area contributed by atoms with Gasteiger partial charge in [0.1, 0.15) is 0 Å². The molecule has 3 rings (SSSR count). The van der Waals surface area contributed by atoms with E-state index < -0.39 is 0 Å². The van der Waals surface area contributed by atoms with E-state index in [9.17, 15) is 0 Å². The Morgan fingerprint density at radius 1 is 1.12 bits per heavy atom. The summed E-state index contributed by atoms with van der Waals surface area (Å²) in [5.41, 5.74) is 10.5. The van der Waals surface area contributed by atoms with Crippen LogP contribution in [0, 0.1) is 11.3 Å². The van der Waals surface area contributed by atoms with Crippen molar-refractivity contribution in [1.29, 1.82) is 0 Å². The van der Waals surface area contributed by atoms with E-state index in [-0.39, 0.29) is 0 Å². The molecule has 0 aromatic heterocycles. The number of benzene rings is 1. The minimum Gasteiger partial charge on any atom is -0.283 e. The fraction of sp³-hybridized carbons (Fsp3) is 0.591. The van der Waals surface area contributed by atoms with Gasteiger partial charge in [-0.05, 0) is 54.7 Å². The molecule has 24 heavy (non-hydrogen) atoms. The molecular formula is C22H32N2. The van der Waals surface area contributed by atoms with Crippen LogP contribution in [0.1, 0.15) is 77.3 Å². The Morgan fingerprint density at radius 3 is 2.58 bits per heavy atom. The van der Waals surface area contributed by atoms with Gasteiger partial charge < -0.3 is 0 Å². The van der Waals surface area contributed by atoms with Crippen molar-refractivity contribution < 1.29 is 0 Å². The lowest BCUT2D eigenvalue weighted by atomic mass is 9.75. The van der Waals surface area contributed by atoms with Crippen LogP contribution >= 0.6 is 0 Å². The summed E-state index contributed by atoms with van der Waals surface area (Å²) < 4.78 is 0. The van der Waals surface area contributed by atoms with Crippen molar-refractivity contribution in [2.75, 3.05) is 0 Å². The second kappa shape index (κ2) is 7.13. The molecule has 0 spiro atoms. The number of fused-ring (bicyclic) bond motifs is 1. The summed E-state index contributed by atoms with van der Waals surface area (Å²) in [6, 6.07) is 9.02. The second-order valence-electron chi connectivity index (χ2n) is 8.30. The lowest BCUT2D eigenvalue weighted by Gasteiger charge is -2.33. The molecule has 2 nitrogen and oxygen atoms in total. The zero-order valence-electron chi connectivity index (χ0n) is 15.8. The molecule has 0 saturated heterocycles. The van der Waals surface area contributed by atoms with E-state index in [2.05, 4.69) is 57.4 Å². The first-order valence-electron chi connectivity index (χ1n) is 9.63. The van der Waals surface area contributed by atoms with Crippen molar-refractivity contribution in [2.45, 2.75) is 72.6 Å². The topological polar surface area (TPSA) is 24.4 Å². The zero-order chi connectivity index (χ0) is 17.2. The molecule has 1 heterocycles. The minimum atomic E-state index is 0.384. The van der Waals surface area contributed by atoms with Crippen LogP contribution in [0.5, 0.6) is 0 Å². The van der Waals surface area contributed by atoms with E-state index in [0.717, 1.165) is 6.42 Å². The van der Waals surface area contributed by atoms with Gasteiger partial charge >= 0.3 is 0 Å². The summed E-state index contributed by atoms with van der Waals surface area (Å²) in [4.78, 5) is 0. The number of aryl methyl sites for hydroxylation is 1. The highest BCUT2D eigenvalue weighted by molar-refractivity contribution is 6.04. The van der Waals surface area contributed by atoms with Crippen LogP contribution in [-0.2, 0) is 6.42 Å². The molecule has 1 aromatic rings. The van der Waals surface area contributed by atoms with E-state index in [1.54, 1.807) is 5.57 Å². The lowest BCUT2D eigenvalue weighted by molar-refractivity contribution is 0.316. The molecule has 0 bridgehead atoms. The molecule has 2 aliphatic rings. The smallest absolute Gasteiger partial charge is 0.0751 e. The van der Waals surface area contributed by atoms with Crippen LogP contribution < -0.4 is 5.43 Å². The summed E-state index contributed by atoms with van der Waals surface area (Å²) in [7, 11) is 0. The van der Waals surface area contributed by atoms with Crippen molar-refractivity contribution in [1.82, 2.24) is 5.43 Å². The summed E-state index contributed by atoms with van der Waals surface area (Å²) in [6.45, 7) is 9.27. The molecule has 1 saturated carbocycles. The Kier molecular flexibility index (Phi) is 5.12. The third-order valence-corrected chi connectivity index (χ3v) is 5.75. The average Bonchev–Trinajstić information content (AvgIpc) is 2.64. The molecule has 1 aliphatic heterocycles. The third-order valence-electron chi connectivity index (χ3n) is 5.75. The number of rotatable bonds is 2. The van der Waals surface area contributed by atoms with E-state index in [1.807, 2.05) is 0 Å². The lowest BCUT2D eigenvalue weighted by Crippen LogP contribution is -2.30. The van der Waals surface area contributed by atoms with Gasteiger partial charge in [-0.1, -0.05) is 64.3 Å². The number of hydrogen-bond acceptors (Lipinski definition) is 2. The molecule has 2 heteroatoms. The Bertz CT molecular complexity index is 634. The second-order valence-corrected chi connectivity index (χ2v) is 8.30. The van der Waals surface area contributed by atoms with Crippen LogP contribution in [0.3, 0.4) is 0 Å². The molecular weight excluding hydrogens is 292 g/mol. The van der Waals surface area contributed by atoms with Gasteiger partial charge in [0, 0.05) is 11.6 Å². The predicted molar refractivity (Wildman–Crippen MR) is 103 cm³/mol. The molecule has 1 fully saturated rings. The Morgan fingerprint density at radius 2 is 1.88 bits per heavy atom. The van der Waals surface area contributed by atoms with Gasteiger partial charge in [-0.25, -0.2) is 0 Å². The first-order chi connectivity index (χ1) is 11.5. The van der Waals surface area contributed by atoms with E-state index in [1.165, 1.54) is 61.1 Å². The normalized spacial score (nSPS) is 24.2. The van der Waals surface area contributed by atoms with Crippen molar-refractivity contribution in [3.63, 3.8) is 0 Å². The van der Waals surface area contributed by atoms with Crippen LogP contribution in [0.25, 0.3) is 0 Å². The van der Waals surface area contributed by atoms with Crippen LogP contribution in [0.2, 0.25) is 0 Å². The zero-order valence-corrected chi connectivity index (χ0v) is 15.8. The summed E-state index contributed by atoms with van der Waals surface area (Å²) >= 11 is 0. The molecule has 1 N–H and O–H groups in total. The molecule has 1 atom stereocenters. The highest BCUT2D eigenvalue weighted by Gasteiger charge is 2.32. The highest BCUT2D eigenvalue weighted by Crippen LogP contribution is 2.40. The van der Waals surface area contributed by atoms with Crippen LogP contribution in [-0.4, -0.2) is 5.71 Å². The third kappa shape index (κ3) is 3.74.